The molecule has 0 aromatic heterocycles. The molecule has 3 unspecified atom stereocenters. The number of piperidine rings is 1. The van der Waals surface area contributed by atoms with Gasteiger partial charge in [-0.3, -0.25) is 4.79 Å². The number of nitrogens with one attached hydrogen (secondary N) is 1. The third kappa shape index (κ3) is 5.96. The zero-order valence-electron chi connectivity index (χ0n) is 16.1. The highest BCUT2D eigenvalue weighted by Gasteiger charge is 2.34. The van der Waals surface area contributed by atoms with Crippen LogP contribution >= 0.6 is 0 Å². The van der Waals surface area contributed by atoms with Crippen molar-refractivity contribution in [2.75, 3.05) is 6.54 Å². The van der Waals surface area contributed by atoms with Gasteiger partial charge >= 0.3 is 6.09 Å². The molecule has 0 saturated carbocycles. The molecule has 1 saturated heterocycles. The van der Waals surface area contributed by atoms with Gasteiger partial charge in [0.05, 0.1) is 5.54 Å². The summed E-state index contributed by atoms with van der Waals surface area (Å²) in [6.45, 7) is 12.2. The van der Waals surface area contributed by atoms with E-state index in [4.69, 9.17) is 10.5 Å². The summed E-state index contributed by atoms with van der Waals surface area (Å²) in [7, 11) is 0. The fourth-order valence-corrected chi connectivity index (χ4v) is 3.16. The first-order chi connectivity index (χ1) is 11.0. The van der Waals surface area contributed by atoms with E-state index in [2.05, 4.69) is 5.32 Å². The molecule has 1 aliphatic rings. The molecule has 3 atom stereocenters. The molecule has 1 fully saturated rings. The van der Waals surface area contributed by atoms with Crippen molar-refractivity contribution in [1.82, 2.24) is 10.2 Å². The van der Waals surface area contributed by atoms with Crippen LogP contribution in [0.25, 0.3) is 0 Å². The molecule has 1 heterocycles. The van der Waals surface area contributed by atoms with Gasteiger partial charge in [0.2, 0.25) is 5.91 Å². The van der Waals surface area contributed by atoms with E-state index in [-0.39, 0.29) is 24.1 Å². The van der Waals surface area contributed by atoms with Crippen molar-refractivity contribution in [3.05, 3.63) is 0 Å². The second kappa shape index (κ2) is 8.19. The fourth-order valence-electron chi connectivity index (χ4n) is 3.16. The van der Waals surface area contributed by atoms with Gasteiger partial charge in [0.15, 0.2) is 0 Å². The van der Waals surface area contributed by atoms with E-state index in [0.717, 1.165) is 32.2 Å². The average Bonchev–Trinajstić information content (AvgIpc) is 2.45. The van der Waals surface area contributed by atoms with Gasteiger partial charge in [-0.05, 0) is 66.7 Å². The maximum atomic E-state index is 12.5. The highest BCUT2D eigenvalue weighted by atomic mass is 16.6. The second-order valence-corrected chi connectivity index (χ2v) is 8.15. The standard InChI is InChI=1S/C18H35N3O3/c1-7-18(6,15(19)22)20-13(2)12-14-10-8-9-11-21(14)16(23)24-17(3,4)5/h13-14,20H,7-12H2,1-6H3,(H2,19,22). The molecule has 3 N–H and O–H groups in total. The second-order valence-electron chi connectivity index (χ2n) is 8.15. The highest BCUT2D eigenvalue weighted by Crippen LogP contribution is 2.24. The Kier molecular flexibility index (Phi) is 7.08. The SMILES string of the molecule is CCC(C)(NC(C)CC1CCCCN1C(=O)OC(C)(C)C)C(N)=O. The largest absolute Gasteiger partial charge is 0.444 e. The Morgan fingerprint density at radius 1 is 1.29 bits per heavy atom. The van der Waals surface area contributed by atoms with Crippen LogP contribution in [0, 0.1) is 0 Å². The lowest BCUT2D eigenvalue weighted by Gasteiger charge is -2.39. The quantitative estimate of drug-likeness (QED) is 0.778. The van der Waals surface area contributed by atoms with Gasteiger partial charge in [-0.15, -0.1) is 0 Å². The van der Waals surface area contributed by atoms with Crippen LogP contribution in [-0.2, 0) is 9.53 Å². The van der Waals surface area contributed by atoms with Crippen molar-refractivity contribution >= 4 is 12.0 Å². The van der Waals surface area contributed by atoms with Crippen LogP contribution in [0.4, 0.5) is 4.79 Å². The molecule has 2 amide bonds. The van der Waals surface area contributed by atoms with Crippen molar-refractivity contribution in [1.29, 1.82) is 0 Å². The number of hydrogen-bond donors (Lipinski definition) is 2. The van der Waals surface area contributed by atoms with E-state index in [9.17, 15) is 9.59 Å². The van der Waals surface area contributed by atoms with Crippen LogP contribution in [-0.4, -0.2) is 46.7 Å². The first-order valence-corrected chi connectivity index (χ1v) is 9.05. The maximum Gasteiger partial charge on any atom is 0.410 e. The van der Waals surface area contributed by atoms with E-state index in [1.165, 1.54) is 0 Å². The van der Waals surface area contributed by atoms with Gasteiger partial charge in [-0.1, -0.05) is 6.92 Å². The van der Waals surface area contributed by atoms with Crippen LogP contribution in [0.1, 0.15) is 73.6 Å². The Morgan fingerprint density at radius 2 is 1.92 bits per heavy atom. The number of carbonyl (C=O) groups excluding carboxylic acids is 2. The van der Waals surface area contributed by atoms with E-state index in [1.807, 2.05) is 46.4 Å². The Bertz CT molecular complexity index is 447. The van der Waals surface area contributed by atoms with Gasteiger partial charge in [-0.2, -0.15) is 0 Å². The molecule has 0 radical (unpaired) electrons. The molecule has 6 heteroatoms. The van der Waals surface area contributed by atoms with E-state index < -0.39 is 11.1 Å². The summed E-state index contributed by atoms with van der Waals surface area (Å²) in [5.41, 5.74) is 4.31. The summed E-state index contributed by atoms with van der Waals surface area (Å²) in [5, 5.41) is 3.34. The molecule has 0 aromatic carbocycles. The summed E-state index contributed by atoms with van der Waals surface area (Å²) < 4.78 is 5.54. The maximum absolute atomic E-state index is 12.5. The molecule has 0 aliphatic carbocycles. The fraction of sp³-hybridized carbons (Fsp3) is 0.889. The van der Waals surface area contributed by atoms with Gasteiger partial charge in [0.25, 0.3) is 0 Å². The van der Waals surface area contributed by atoms with E-state index in [1.54, 1.807) is 0 Å². The molecular weight excluding hydrogens is 306 g/mol. The first-order valence-electron chi connectivity index (χ1n) is 9.05. The normalized spacial score (nSPS) is 22.6. The number of amides is 2. The predicted octanol–water partition coefficient (Wildman–Crippen LogP) is 2.80. The first kappa shape index (κ1) is 20.7. The zero-order valence-corrected chi connectivity index (χ0v) is 16.1. The van der Waals surface area contributed by atoms with E-state index >= 15 is 0 Å². The smallest absolute Gasteiger partial charge is 0.410 e. The third-order valence-electron chi connectivity index (χ3n) is 4.70. The molecule has 1 rings (SSSR count). The Hall–Kier alpha value is -1.30. The summed E-state index contributed by atoms with van der Waals surface area (Å²) >= 11 is 0. The number of nitrogens with zero attached hydrogens (tertiary/aromatic N) is 1. The zero-order chi connectivity index (χ0) is 18.5. The van der Waals surface area contributed by atoms with Crippen molar-refractivity contribution in [3.63, 3.8) is 0 Å². The number of primary amides is 1. The molecule has 0 spiro atoms. The van der Waals surface area contributed by atoms with Crippen LogP contribution in [0.2, 0.25) is 0 Å². The summed E-state index contributed by atoms with van der Waals surface area (Å²) in [4.78, 5) is 26.0. The van der Waals surface area contributed by atoms with E-state index in [0.29, 0.717) is 6.42 Å². The van der Waals surface area contributed by atoms with Gasteiger partial charge in [-0.25, -0.2) is 4.79 Å². The minimum atomic E-state index is -0.717. The van der Waals surface area contributed by atoms with Gasteiger partial charge < -0.3 is 20.7 Å². The Balaban J connectivity index is 2.72. The van der Waals surface area contributed by atoms with Crippen molar-refractivity contribution in [2.24, 2.45) is 5.73 Å². The highest BCUT2D eigenvalue weighted by molar-refractivity contribution is 5.84. The lowest BCUT2D eigenvalue weighted by atomic mass is 9.93. The Morgan fingerprint density at radius 3 is 2.42 bits per heavy atom. The monoisotopic (exact) mass is 341 g/mol. The predicted molar refractivity (Wildman–Crippen MR) is 95.7 cm³/mol. The topological polar surface area (TPSA) is 84.7 Å². The number of likely N-dealkylation sites (tertiary alicyclic amines) is 1. The Labute approximate surface area is 146 Å². The molecule has 24 heavy (non-hydrogen) atoms. The number of ether oxygens (including phenoxy) is 1. The molecule has 6 nitrogen and oxygen atoms in total. The number of hydrogen-bond acceptors (Lipinski definition) is 4. The summed E-state index contributed by atoms with van der Waals surface area (Å²) in [6.07, 6.45) is 4.25. The molecule has 1 aliphatic heterocycles. The number of rotatable bonds is 6. The van der Waals surface area contributed by atoms with Crippen LogP contribution in [0.5, 0.6) is 0 Å². The molecule has 0 bridgehead atoms. The van der Waals surface area contributed by atoms with Crippen molar-refractivity contribution in [3.8, 4) is 0 Å². The third-order valence-corrected chi connectivity index (χ3v) is 4.70. The average molecular weight is 341 g/mol. The lowest BCUT2D eigenvalue weighted by Crippen LogP contribution is -2.57. The lowest BCUT2D eigenvalue weighted by molar-refractivity contribution is -0.124. The van der Waals surface area contributed by atoms with Crippen molar-refractivity contribution in [2.45, 2.75) is 96.9 Å². The van der Waals surface area contributed by atoms with Gasteiger partial charge in [0, 0.05) is 18.6 Å². The number of carbonyl (C=O) groups is 2. The van der Waals surface area contributed by atoms with Crippen LogP contribution in [0.3, 0.4) is 0 Å². The molecular formula is C18H35N3O3. The molecule has 140 valence electrons. The van der Waals surface area contributed by atoms with Crippen LogP contribution < -0.4 is 11.1 Å². The van der Waals surface area contributed by atoms with Crippen molar-refractivity contribution < 1.29 is 14.3 Å². The summed E-state index contributed by atoms with van der Waals surface area (Å²) in [5.74, 6) is -0.343. The molecule has 0 aromatic rings. The van der Waals surface area contributed by atoms with Crippen LogP contribution in [0.15, 0.2) is 0 Å². The number of nitrogens with two attached hydrogens (primary N) is 1. The summed E-state index contributed by atoms with van der Waals surface area (Å²) in [6, 6.07) is 0.209. The minimum absolute atomic E-state index is 0.0792. The minimum Gasteiger partial charge on any atom is -0.444 e. The van der Waals surface area contributed by atoms with Gasteiger partial charge in [0.1, 0.15) is 5.60 Å².